The molecule has 0 aliphatic carbocycles. The summed E-state index contributed by atoms with van der Waals surface area (Å²) in [5, 5.41) is 9.83. The number of sulfone groups is 1. The fourth-order valence-corrected chi connectivity index (χ4v) is 3.87. The zero-order valence-electron chi connectivity index (χ0n) is 11.5. The lowest BCUT2D eigenvalue weighted by Gasteiger charge is -2.16. The highest BCUT2D eigenvalue weighted by Crippen LogP contribution is 2.16. The van der Waals surface area contributed by atoms with Gasteiger partial charge in [0.25, 0.3) is 0 Å². The van der Waals surface area contributed by atoms with Crippen LogP contribution >= 0.6 is 15.9 Å². The van der Waals surface area contributed by atoms with Crippen LogP contribution in [-0.2, 0) is 19.4 Å². The standard InChI is InChI=1S/C13H16BrNO5S/c1-8(2)12(13(17)18)21(19,20)7-11(16)15-10-5-3-9(14)4-6-10/h3-6,8,12H,7H2,1-2H3,(H,15,16)(H,17,18). The van der Waals surface area contributed by atoms with Gasteiger partial charge >= 0.3 is 5.97 Å². The number of hydrogen-bond donors (Lipinski definition) is 2. The van der Waals surface area contributed by atoms with Crippen LogP contribution in [0.1, 0.15) is 13.8 Å². The fourth-order valence-electron chi connectivity index (χ4n) is 1.86. The van der Waals surface area contributed by atoms with Crippen molar-refractivity contribution in [3.8, 4) is 0 Å². The van der Waals surface area contributed by atoms with Crippen LogP contribution < -0.4 is 5.32 Å². The highest BCUT2D eigenvalue weighted by molar-refractivity contribution is 9.10. The summed E-state index contributed by atoms with van der Waals surface area (Å²) >= 11 is 3.24. The molecule has 1 aromatic rings. The first-order valence-corrected chi connectivity index (χ1v) is 8.64. The average Bonchev–Trinajstić information content (AvgIpc) is 2.29. The molecule has 2 N–H and O–H groups in total. The maximum absolute atomic E-state index is 12.0. The smallest absolute Gasteiger partial charge is 0.322 e. The number of rotatable bonds is 6. The summed E-state index contributed by atoms with van der Waals surface area (Å²) in [7, 11) is -4.07. The predicted octanol–water partition coefficient (Wildman–Crippen LogP) is 1.91. The second kappa shape index (κ2) is 7.04. The van der Waals surface area contributed by atoms with Gasteiger partial charge in [-0.25, -0.2) is 8.42 Å². The molecule has 0 fully saturated rings. The summed E-state index contributed by atoms with van der Waals surface area (Å²) in [5.74, 6) is -3.68. The maximum Gasteiger partial charge on any atom is 0.322 e. The Balaban J connectivity index is 2.81. The van der Waals surface area contributed by atoms with Crippen molar-refractivity contribution in [1.82, 2.24) is 0 Å². The van der Waals surface area contributed by atoms with E-state index in [1.54, 1.807) is 24.3 Å². The number of hydrogen-bond acceptors (Lipinski definition) is 4. The number of amides is 1. The lowest BCUT2D eigenvalue weighted by molar-refractivity contribution is -0.137. The van der Waals surface area contributed by atoms with E-state index in [-0.39, 0.29) is 0 Å². The van der Waals surface area contributed by atoms with Crippen molar-refractivity contribution < 1.29 is 23.1 Å². The molecule has 21 heavy (non-hydrogen) atoms. The van der Waals surface area contributed by atoms with E-state index < -0.39 is 38.6 Å². The van der Waals surface area contributed by atoms with E-state index in [4.69, 9.17) is 5.11 Å². The molecule has 0 saturated carbocycles. The number of anilines is 1. The van der Waals surface area contributed by atoms with Crippen LogP contribution in [0, 0.1) is 5.92 Å². The zero-order chi connectivity index (χ0) is 16.2. The lowest BCUT2D eigenvalue weighted by atomic mass is 10.1. The molecule has 0 heterocycles. The Kier molecular flexibility index (Phi) is 5.91. The Morgan fingerprint density at radius 1 is 1.24 bits per heavy atom. The van der Waals surface area contributed by atoms with Crippen LogP contribution in [0.4, 0.5) is 5.69 Å². The molecular weight excluding hydrogens is 362 g/mol. The van der Waals surface area contributed by atoms with Gasteiger partial charge in [-0.15, -0.1) is 0 Å². The minimum absolute atomic E-state index is 0.440. The third-order valence-corrected chi connectivity index (χ3v) is 5.41. The Hall–Kier alpha value is -1.41. The zero-order valence-corrected chi connectivity index (χ0v) is 13.9. The third-order valence-electron chi connectivity index (χ3n) is 2.70. The third kappa shape index (κ3) is 5.13. The second-order valence-electron chi connectivity index (χ2n) is 4.87. The van der Waals surface area contributed by atoms with Gasteiger partial charge in [-0.05, 0) is 30.2 Å². The van der Waals surface area contributed by atoms with Gasteiger partial charge < -0.3 is 10.4 Å². The number of nitrogens with one attached hydrogen (secondary N) is 1. The molecular formula is C13H16BrNO5S. The van der Waals surface area contributed by atoms with Gasteiger partial charge in [-0.3, -0.25) is 9.59 Å². The monoisotopic (exact) mass is 377 g/mol. The minimum atomic E-state index is -4.07. The molecule has 6 nitrogen and oxygen atoms in total. The average molecular weight is 378 g/mol. The predicted molar refractivity (Wildman–Crippen MR) is 82.8 cm³/mol. The first-order valence-electron chi connectivity index (χ1n) is 6.13. The summed E-state index contributed by atoms with van der Waals surface area (Å²) in [6, 6.07) is 6.59. The Morgan fingerprint density at radius 2 is 1.76 bits per heavy atom. The Bertz CT molecular complexity index is 624. The summed E-state index contributed by atoms with van der Waals surface area (Å²) in [6.07, 6.45) is 0. The number of benzene rings is 1. The van der Waals surface area contributed by atoms with Gasteiger partial charge in [-0.2, -0.15) is 0 Å². The summed E-state index contributed by atoms with van der Waals surface area (Å²) in [5.41, 5.74) is 0.440. The number of halogens is 1. The van der Waals surface area contributed by atoms with Gasteiger partial charge in [-0.1, -0.05) is 29.8 Å². The van der Waals surface area contributed by atoms with Gasteiger partial charge in [0.05, 0.1) is 0 Å². The summed E-state index contributed by atoms with van der Waals surface area (Å²) < 4.78 is 24.9. The first kappa shape index (κ1) is 17.6. The molecule has 1 atom stereocenters. The largest absolute Gasteiger partial charge is 0.480 e. The van der Waals surface area contributed by atoms with Crippen LogP contribution in [0.2, 0.25) is 0 Å². The molecule has 0 radical (unpaired) electrons. The maximum atomic E-state index is 12.0. The highest BCUT2D eigenvalue weighted by Gasteiger charge is 2.36. The molecule has 1 rings (SSSR count). The highest BCUT2D eigenvalue weighted by atomic mass is 79.9. The normalized spacial score (nSPS) is 13.0. The minimum Gasteiger partial charge on any atom is -0.480 e. The molecule has 116 valence electrons. The second-order valence-corrected chi connectivity index (χ2v) is 7.90. The van der Waals surface area contributed by atoms with Crippen LogP contribution in [0.3, 0.4) is 0 Å². The number of aliphatic carboxylic acids is 1. The van der Waals surface area contributed by atoms with Crippen LogP contribution in [0.5, 0.6) is 0 Å². The van der Waals surface area contributed by atoms with Crippen molar-refractivity contribution in [2.75, 3.05) is 11.1 Å². The molecule has 0 spiro atoms. The van der Waals surface area contributed by atoms with Crippen LogP contribution in [0.15, 0.2) is 28.7 Å². The van der Waals surface area contributed by atoms with E-state index in [0.29, 0.717) is 5.69 Å². The fraction of sp³-hybridized carbons (Fsp3) is 0.385. The van der Waals surface area contributed by atoms with Gasteiger partial charge in [0.1, 0.15) is 5.75 Å². The Morgan fingerprint density at radius 3 is 2.19 bits per heavy atom. The number of carbonyl (C=O) groups excluding carboxylic acids is 1. The molecule has 8 heteroatoms. The molecule has 1 amide bonds. The topological polar surface area (TPSA) is 101 Å². The van der Waals surface area contributed by atoms with Crippen molar-refractivity contribution in [3.63, 3.8) is 0 Å². The quantitative estimate of drug-likeness (QED) is 0.788. The van der Waals surface area contributed by atoms with Gasteiger partial charge in [0.2, 0.25) is 5.91 Å². The van der Waals surface area contributed by atoms with Crippen molar-refractivity contribution in [3.05, 3.63) is 28.7 Å². The number of carboxylic acid groups (broad SMARTS) is 1. The van der Waals surface area contributed by atoms with Gasteiger partial charge in [0.15, 0.2) is 15.1 Å². The van der Waals surface area contributed by atoms with Gasteiger partial charge in [0, 0.05) is 10.2 Å². The molecule has 0 saturated heterocycles. The SMILES string of the molecule is CC(C)C(C(=O)O)S(=O)(=O)CC(=O)Nc1ccc(Br)cc1. The van der Waals surface area contributed by atoms with Crippen LogP contribution in [0.25, 0.3) is 0 Å². The molecule has 1 aromatic carbocycles. The van der Waals surface area contributed by atoms with Crippen molar-refractivity contribution in [2.24, 2.45) is 5.92 Å². The lowest BCUT2D eigenvalue weighted by Crippen LogP contribution is -2.39. The van der Waals surface area contributed by atoms with E-state index >= 15 is 0 Å². The number of carboxylic acids is 1. The van der Waals surface area contributed by atoms with Crippen molar-refractivity contribution in [1.29, 1.82) is 0 Å². The number of carbonyl (C=O) groups is 2. The van der Waals surface area contributed by atoms with E-state index in [0.717, 1.165) is 4.47 Å². The van der Waals surface area contributed by atoms with E-state index in [1.165, 1.54) is 13.8 Å². The van der Waals surface area contributed by atoms with Crippen molar-refractivity contribution >= 4 is 43.3 Å². The molecule has 1 unspecified atom stereocenters. The molecule has 0 aliphatic heterocycles. The van der Waals surface area contributed by atoms with E-state index in [1.807, 2.05) is 0 Å². The summed E-state index contributed by atoms with van der Waals surface area (Å²) in [4.78, 5) is 22.8. The van der Waals surface area contributed by atoms with E-state index in [2.05, 4.69) is 21.2 Å². The first-order chi connectivity index (χ1) is 9.63. The molecule has 0 aromatic heterocycles. The van der Waals surface area contributed by atoms with Crippen molar-refractivity contribution in [2.45, 2.75) is 19.1 Å². The Labute approximate surface area is 131 Å². The molecule has 0 bridgehead atoms. The van der Waals surface area contributed by atoms with Crippen LogP contribution in [-0.4, -0.2) is 36.4 Å². The molecule has 0 aliphatic rings. The summed E-state index contributed by atoms with van der Waals surface area (Å²) in [6.45, 7) is 2.98. The van der Waals surface area contributed by atoms with E-state index in [9.17, 15) is 18.0 Å².